The quantitative estimate of drug-likeness (QED) is 0.489. The Morgan fingerprint density at radius 3 is 2.34 bits per heavy atom. The van der Waals surface area contributed by atoms with Gasteiger partial charge >= 0.3 is 0 Å². The van der Waals surface area contributed by atoms with Crippen molar-refractivity contribution < 1.29 is 5.11 Å². The molecule has 0 spiro atoms. The molecule has 3 fully saturated rings. The van der Waals surface area contributed by atoms with Gasteiger partial charge in [-0.05, 0) is 104 Å². The fourth-order valence-corrected chi connectivity index (χ4v) is 8.10. The summed E-state index contributed by atoms with van der Waals surface area (Å²) in [6, 6.07) is 0. The highest BCUT2D eigenvalue weighted by atomic mass is 16.3. The Morgan fingerprint density at radius 1 is 0.931 bits per heavy atom. The molecule has 29 heavy (non-hydrogen) atoms. The summed E-state index contributed by atoms with van der Waals surface area (Å²) in [6.07, 6.45) is 17.8. The summed E-state index contributed by atoms with van der Waals surface area (Å²) in [7, 11) is 0. The van der Waals surface area contributed by atoms with Crippen LogP contribution in [0.25, 0.3) is 0 Å². The number of aliphatic hydroxyl groups excluding tert-OH is 1. The fraction of sp³-hybridized carbons (Fsp3) is 0.857. The van der Waals surface area contributed by atoms with Crippen molar-refractivity contribution in [1.29, 1.82) is 0 Å². The Kier molecular flexibility index (Phi) is 5.86. The first kappa shape index (κ1) is 21.7. The SMILES string of the molecule is CC(C)[C@H](C)/C=C/[C@@H](C)[C@H]1CC[C@H]2C3=CC[C@H]4C[C@@H](O)CC[C@]4(C)[C@H]3CC[C@]12C. The zero-order chi connectivity index (χ0) is 21.0. The topological polar surface area (TPSA) is 20.2 Å². The predicted molar refractivity (Wildman–Crippen MR) is 124 cm³/mol. The fourth-order valence-electron chi connectivity index (χ4n) is 8.10. The van der Waals surface area contributed by atoms with E-state index in [2.05, 4.69) is 59.8 Å². The Balaban J connectivity index is 1.54. The molecule has 4 rings (SSSR count). The van der Waals surface area contributed by atoms with Crippen molar-refractivity contribution in [3.8, 4) is 0 Å². The lowest BCUT2D eigenvalue weighted by molar-refractivity contribution is -0.0414. The van der Waals surface area contributed by atoms with E-state index in [1.54, 1.807) is 0 Å². The molecular weight excluding hydrogens is 352 g/mol. The molecule has 164 valence electrons. The standard InChI is InChI=1S/C28H46O/c1-18(2)19(3)7-8-20(4)24-11-12-25-23-10-9-21-17-22(29)13-15-27(21,5)26(23)14-16-28(24,25)6/h7-8,10,18-22,24-26,29H,9,11-17H2,1-6H3/b8-7+/t19-,20-,21+,22+,24-,25+,26+,27+,28-/m1/s1. The molecule has 0 saturated heterocycles. The van der Waals surface area contributed by atoms with Gasteiger partial charge in [0, 0.05) is 0 Å². The molecule has 0 aliphatic heterocycles. The number of rotatable bonds is 4. The minimum Gasteiger partial charge on any atom is -0.393 e. The van der Waals surface area contributed by atoms with Crippen LogP contribution in [-0.4, -0.2) is 11.2 Å². The summed E-state index contributed by atoms with van der Waals surface area (Å²) in [4.78, 5) is 0. The van der Waals surface area contributed by atoms with Gasteiger partial charge in [-0.25, -0.2) is 0 Å². The highest BCUT2D eigenvalue weighted by molar-refractivity contribution is 5.28. The van der Waals surface area contributed by atoms with E-state index < -0.39 is 0 Å². The zero-order valence-corrected chi connectivity index (χ0v) is 20.0. The molecule has 4 aliphatic carbocycles. The van der Waals surface area contributed by atoms with E-state index in [4.69, 9.17) is 0 Å². The van der Waals surface area contributed by atoms with Gasteiger partial charge in [-0.2, -0.15) is 0 Å². The van der Waals surface area contributed by atoms with Crippen LogP contribution in [0.2, 0.25) is 0 Å². The van der Waals surface area contributed by atoms with Gasteiger partial charge in [0.25, 0.3) is 0 Å². The molecule has 0 amide bonds. The third kappa shape index (κ3) is 3.58. The van der Waals surface area contributed by atoms with Gasteiger partial charge in [-0.1, -0.05) is 65.3 Å². The van der Waals surface area contributed by atoms with Gasteiger partial charge in [-0.3, -0.25) is 0 Å². The summed E-state index contributed by atoms with van der Waals surface area (Å²) in [5.74, 6) is 5.25. The zero-order valence-electron chi connectivity index (χ0n) is 20.0. The lowest BCUT2D eigenvalue weighted by Crippen LogP contribution is -2.49. The summed E-state index contributed by atoms with van der Waals surface area (Å²) >= 11 is 0. The molecule has 1 nitrogen and oxygen atoms in total. The van der Waals surface area contributed by atoms with E-state index in [9.17, 15) is 5.11 Å². The molecule has 9 atom stereocenters. The number of fused-ring (bicyclic) bond motifs is 5. The first-order valence-electron chi connectivity index (χ1n) is 12.7. The molecule has 0 heterocycles. The molecule has 0 radical (unpaired) electrons. The lowest BCUT2D eigenvalue weighted by Gasteiger charge is -2.57. The molecule has 0 aromatic carbocycles. The summed E-state index contributed by atoms with van der Waals surface area (Å²) in [6.45, 7) is 14.7. The third-order valence-corrected chi connectivity index (χ3v) is 10.5. The summed E-state index contributed by atoms with van der Waals surface area (Å²) in [5, 5.41) is 10.2. The van der Waals surface area contributed by atoms with E-state index in [-0.39, 0.29) is 6.10 Å². The Bertz CT molecular complexity index is 659. The third-order valence-electron chi connectivity index (χ3n) is 10.5. The van der Waals surface area contributed by atoms with Crippen LogP contribution in [0.1, 0.15) is 92.9 Å². The summed E-state index contributed by atoms with van der Waals surface area (Å²) in [5.41, 5.74) is 2.79. The first-order valence-corrected chi connectivity index (χ1v) is 12.7. The number of allylic oxidation sites excluding steroid dienone is 4. The number of aliphatic hydroxyl groups is 1. The van der Waals surface area contributed by atoms with Crippen LogP contribution in [0.4, 0.5) is 0 Å². The van der Waals surface area contributed by atoms with Gasteiger partial charge in [-0.15, -0.1) is 0 Å². The molecule has 0 aromatic rings. The van der Waals surface area contributed by atoms with Gasteiger partial charge in [0.2, 0.25) is 0 Å². The molecule has 1 N–H and O–H groups in total. The number of hydrogen-bond donors (Lipinski definition) is 1. The molecule has 4 aliphatic rings. The van der Waals surface area contributed by atoms with Gasteiger partial charge in [0.15, 0.2) is 0 Å². The Morgan fingerprint density at radius 2 is 1.62 bits per heavy atom. The van der Waals surface area contributed by atoms with Crippen LogP contribution in [-0.2, 0) is 0 Å². The van der Waals surface area contributed by atoms with Crippen molar-refractivity contribution in [3.05, 3.63) is 23.8 Å². The smallest absolute Gasteiger partial charge is 0.0543 e. The minimum atomic E-state index is -0.0476. The van der Waals surface area contributed by atoms with Crippen LogP contribution in [0, 0.1) is 52.3 Å². The van der Waals surface area contributed by atoms with Crippen molar-refractivity contribution in [2.75, 3.05) is 0 Å². The highest BCUT2D eigenvalue weighted by Gasteiger charge is 2.57. The Labute approximate surface area is 180 Å². The second-order valence-electron chi connectivity index (χ2n) is 12.3. The second kappa shape index (κ2) is 7.85. The molecule has 0 bridgehead atoms. The van der Waals surface area contributed by atoms with Crippen LogP contribution < -0.4 is 0 Å². The van der Waals surface area contributed by atoms with Crippen LogP contribution in [0.3, 0.4) is 0 Å². The molecule has 3 saturated carbocycles. The van der Waals surface area contributed by atoms with Crippen molar-refractivity contribution >= 4 is 0 Å². The van der Waals surface area contributed by atoms with Gasteiger partial charge in [0.05, 0.1) is 6.10 Å². The normalized spacial score (nSPS) is 46.8. The van der Waals surface area contributed by atoms with Crippen molar-refractivity contribution in [3.63, 3.8) is 0 Å². The molecule has 1 heteroatoms. The van der Waals surface area contributed by atoms with Crippen molar-refractivity contribution in [2.45, 2.75) is 99.0 Å². The summed E-state index contributed by atoms with van der Waals surface area (Å²) < 4.78 is 0. The van der Waals surface area contributed by atoms with E-state index >= 15 is 0 Å². The van der Waals surface area contributed by atoms with E-state index in [0.29, 0.717) is 28.6 Å². The number of hydrogen-bond acceptors (Lipinski definition) is 1. The first-order chi connectivity index (χ1) is 13.7. The average Bonchev–Trinajstić information content (AvgIpc) is 3.03. The largest absolute Gasteiger partial charge is 0.393 e. The average molecular weight is 399 g/mol. The second-order valence-corrected chi connectivity index (χ2v) is 12.3. The monoisotopic (exact) mass is 398 g/mol. The van der Waals surface area contributed by atoms with E-state index in [1.165, 1.54) is 38.5 Å². The van der Waals surface area contributed by atoms with E-state index in [1.807, 2.05) is 5.57 Å². The lowest BCUT2D eigenvalue weighted by atomic mass is 9.47. The van der Waals surface area contributed by atoms with E-state index in [0.717, 1.165) is 36.5 Å². The van der Waals surface area contributed by atoms with Crippen molar-refractivity contribution in [2.24, 2.45) is 52.3 Å². The predicted octanol–water partition coefficient (Wildman–Crippen LogP) is 7.41. The van der Waals surface area contributed by atoms with Crippen molar-refractivity contribution in [1.82, 2.24) is 0 Å². The van der Waals surface area contributed by atoms with Gasteiger partial charge < -0.3 is 5.11 Å². The maximum Gasteiger partial charge on any atom is 0.0543 e. The Hall–Kier alpha value is -0.560. The maximum atomic E-state index is 10.2. The van der Waals surface area contributed by atoms with Crippen LogP contribution in [0.5, 0.6) is 0 Å². The minimum absolute atomic E-state index is 0.0476. The van der Waals surface area contributed by atoms with Crippen LogP contribution >= 0.6 is 0 Å². The molecular formula is C28H46O. The highest BCUT2D eigenvalue weighted by Crippen LogP contribution is 2.66. The molecule has 0 unspecified atom stereocenters. The molecule has 0 aromatic heterocycles. The maximum absolute atomic E-state index is 10.2. The van der Waals surface area contributed by atoms with Crippen LogP contribution in [0.15, 0.2) is 23.8 Å². The van der Waals surface area contributed by atoms with Gasteiger partial charge in [0.1, 0.15) is 0 Å².